The lowest BCUT2D eigenvalue weighted by atomic mass is 9.65. The number of hydrogen-bond donors (Lipinski definition) is 2. The van der Waals surface area contributed by atoms with Crippen LogP contribution in [0.15, 0.2) is 49.1 Å². The van der Waals surface area contributed by atoms with Gasteiger partial charge in [-0.05, 0) is 37.1 Å². The van der Waals surface area contributed by atoms with E-state index in [4.69, 9.17) is 0 Å². The van der Waals surface area contributed by atoms with Crippen LogP contribution < -0.4 is 10.6 Å². The minimum Gasteiger partial charge on any atom is -0.355 e. The zero-order valence-corrected chi connectivity index (χ0v) is 16.3. The van der Waals surface area contributed by atoms with Gasteiger partial charge < -0.3 is 10.6 Å². The third-order valence-electron chi connectivity index (χ3n) is 5.27. The molecule has 1 fully saturated rings. The highest BCUT2D eigenvalue weighted by atomic mass is 19.1. The first-order valence-corrected chi connectivity index (χ1v) is 9.50. The molecular weight excluding hydrogens is 390 g/mol. The maximum atomic E-state index is 14.2. The van der Waals surface area contributed by atoms with Crippen LogP contribution in [-0.4, -0.2) is 45.6 Å². The molecule has 0 radical (unpaired) electrons. The Balaban J connectivity index is 1.49. The van der Waals surface area contributed by atoms with Crippen molar-refractivity contribution in [3.05, 3.63) is 66.1 Å². The van der Waals surface area contributed by atoms with Crippen molar-refractivity contribution in [1.82, 2.24) is 25.3 Å². The molecule has 0 saturated heterocycles. The molecule has 0 aliphatic heterocycles. The number of amides is 1. The molecule has 9 heteroatoms. The van der Waals surface area contributed by atoms with Gasteiger partial charge in [-0.2, -0.15) is 0 Å². The standard InChI is InChI=1S/C21H20F2N6O/c1-24-19(30)13-4-6-25-17(7-13)14-10-27-20(28-11-14)29-12-21(8-15(22)9-21)18-16(23)3-2-5-26-18/h2-7,10-11,15H,8-9,12H2,1H3,(H,24,30)(H,27,28,29). The van der Waals surface area contributed by atoms with Gasteiger partial charge in [-0.3, -0.25) is 14.8 Å². The average molecular weight is 410 g/mol. The van der Waals surface area contributed by atoms with Gasteiger partial charge in [-0.25, -0.2) is 18.7 Å². The summed E-state index contributed by atoms with van der Waals surface area (Å²) in [6.45, 7) is 0.269. The number of pyridine rings is 2. The van der Waals surface area contributed by atoms with Gasteiger partial charge in [-0.15, -0.1) is 0 Å². The molecule has 0 bridgehead atoms. The number of aromatic nitrogens is 4. The lowest BCUT2D eigenvalue weighted by molar-refractivity contribution is 0.0958. The van der Waals surface area contributed by atoms with Gasteiger partial charge in [0.05, 0.1) is 11.4 Å². The van der Waals surface area contributed by atoms with E-state index in [1.165, 1.54) is 18.3 Å². The number of nitrogens with zero attached hydrogens (tertiary/aromatic N) is 4. The molecule has 0 aromatic carbocycles. The van der Waals surface area contributed by atoms with E-state index >= 15 is 0 Å². The number of nitrogens with one attached hydrogen (secondary N) is 2. The number of hydrogen-bond acceptors (Lipinski definition) is 6. The molecule has 4 rings (SSSR count). The second-order valence-electron chi connectivity index (χ2n) is 7.28. The highest BCUT2D eigenvalue weighted by molar-refractivity contribution is 5.94. The Bertz CT molecular complexity index is 1050. The fourth-order valence-corrected chi connectivity index (χ4v) is 3.66. The molecule has 1 saturated carbocycles. The van der Waals surface area contributed by atoms with Crippen molar-refractivity contribution in [2.24, 2.45) is 0 Å². The van der Waals surface area contributed by atoms with Crippen LogP contribution in [0.5, 0.6) is 0 Å². The van der Waals surface area contributed by atoms with E-state index in [1.54, 1.807) is 37.8 Å². The molecule has 0 atom stereocenters. The first-order chi connectivity index (χ1) is 14.5. The van der Waals surface area contributed by atoms with Crippen LogP contribution in [-0.2, 0) is 5.41 Å². The summed E-state index contributed by atoms with van der Waals surface area (Å²) in [5.74, 6) is -0.319. The highest BCUT2D eigenvalue weighted by Gasteiger charge is 2.48. The van der Waals surface area contributed by atoms with Crippen LogP contribution in [0.25, 0.3) is 11.3 Å². The van der Waals surface area contributed by atoms with Crippen molar-refractivity contribution in [3.63, 3.8) is 0 Å². The quantitative estimate of drug-likeness (QED) is 0.649. The number of carbonyl (C=O) groups is 1. The zero-order chi connectivity index (χ0) is 21.1. The molecule has 1 aliphatic carbocycles. The molecular formula is C21H20F2N6O. The Morgan fingerprint density at radius 3 is 2.60 bits per heavy atom. The summed E-state index contributed by atoms with van der Waals surface area (Å²) in [7, 11) is 1.56. The number of rotatable bonds is 6. The smallest absolute Gasteiger partial charge is 0.251 e. The lowest BCUT2D eigenvalue weighted by Crippen LogP contribution is -2.49. The number of carbonyl (C=O) groups excluding carboxylic acids is 1. The van der Waals surface area contributed by atoms with Crippen molar-refractivity contribution in [3.8, 4) is 11.3 Å². The summed E-state index contributed by atoms with van der Waals surface area (Å²) in [5.41, 5.74) is 1.22. The molecule has 3 aromatic rings. The zero-order valence-electron chi connectivity index (χ0n) is 16.3. The molecule has 154 valence electrons. The lowest BCUT2D eigenvalue weighted by Gasteiger charge is -2.43. The first-order valence-electron chi connectivity index (χ1n) is 9.50. The van der Waals surface area contributed by atoms with Crippen LogP contribution in [0.2, 0.25) is 0 Å². The van der Waals surface area contributed by atoms with E-state index in [1.807, 2.05) is 0 Å². The second kappa shape index (κ2) is 8.10. The Morgan fingerprint density at radius 1 is 1.17 bits per heavy atom. The van der Waals surface area contributed by atoms with Crippen molar-refractivity contribution in [2.45, 2.75) is 24.4 Å². The monoisotopic (exact) mass is 410 g/mol. The van der Waals surface area contributed by atoms with Crippen molar-refractivity contribution in [1.29, 1.82) is 0 Å². The maximum absolute atomic E-state index is 14.2. The third-order valence-corrected chi connectivity index (χ3v) is 5.27. The van der Waals surface area contributed by atoms with E-state index in [0.29, 0.717) is 22.8 Å². The Kier molecular flexibility index (Phi) is 5.35. The molecule has 1 amide bonds. The fraction of sp³-hybridized carbons (Fsp3) is 0.286. The van der Waals surface area contributed by atoms with E-state index < -0.39 is 17.4 Å². The number of alkyl halides is 1. The van der Waals surface area contributed by atoms with Gasteiger partial charge in [0.1, 0.15) is 12.0 Å². The molecule has 0 spiro atoms. The predicted octanol–water partition coefficient (Wildman–Crippen LogP) is 2.91. The van der Waals surface area contributed by atoms with E-state index in [9.17, 15) is 13.6 Å². The predicted molar refractivity (Wildman–Crippen MR) is 107 cm³/mol. The van der Waals surface area contributed by atoms with E-state index in [-0.39, 0.29) is 31.0 Å². The minimum absolute atomic E-state index is 0.197. The van der Waals surface area contributed by atoms with Crippen LogP contribution in [0.1, 0.15) is 28.9 Å². The normalized spacial score (nSPS) is 20.3. The largest absolute Gasteiger partial charge is 0.355 e. The van der Waals surface area contributed by atoms with Gasteiger partial charge in [0.15, 0.2) is 0 Å². The maximum Gasteiger partial charge on any atom is 0.251 e. The van der Waals surface area contributed by atoms with Crippen LogP contribution in [0, 0.1) is 5.82 Å². The van der Waals surface area contributed by atoms with Gasteiger partial charge in [0, 0.05) is 54.9 Å². The molecule has 3 aromatic heterocycles. The SMILES string of the molecule is CNC(=O)c1ccnc(-c2cnc(NCC3(c4ncccc4F)CC(F)C3)nc2)c1. The summed E-state index contributed by atoms with van der Waals surface area (Å²) in [5, 5.41) is 5.64. The summed E-state index contributed by atoms with van der Waals surface area (Å²) >= 11 is 0. The second-order valence-corrected chi connectivity index (χ2v) is 7.28. The fourth-order valence-electron chi connectivity index (χ4n) is 3.66. The summed E-state index contributed by atoms with van der Waals surface area (Å²) in [6, 6.07) is 6.12. The molecule has 1 aliphatic rings. The Labute approximate surface area is 172 Å². The van der Waals surface area contributed by atoms with Crippen LogP contribution >= 0.6 is 0 Å². The highest BCUT2D eigenvalue weighted by Crippen LogP contribution is 2.45. The van der Waals surface area contributed by atoms with Crippen molar-refractivity contribution < 1.29 is 13.6 Å². The molecule has 7 nitrogen and oxygen atoms in total. The van der Waals surface area contributed by atoms with Crippen LogP contribution in [0.3, 0.4) is 0 Å². The molecule has 3 heterocycles. The van der Waals surface area contributed by atoms with Gasteiger partial charge >= 0.3 is 0 Å². The number of anilines is 1. The third kappa shape index (κ3) is 3.83. The number of halogens is 2. The van der Waals surface area contributed by atoms with Gasteiger partial charge in [0.2, 0.25) is 5.95 Å². The Hall–Kier alpha value is -3.49. The average Bonchev–Trinajstić information content (AvgIpc) is 2.76. The Morgan fingerprint density at radius 2 is 1.93 bits per heavy atom. The van der Waals surface area contributed by atoms with Crippen molar-refractivity contribution in [2.75, 3.05) is 18.9 Å². The van der Waals surface area contributed by atoms with Gasteiger partial charge in [-0.1, -0.05) is 0 Å². The molecule has 2 N–H and O–H groups in total. The van der Waals surface area contributed by atoms with Crippen molar-refractivity contribution >= 4 is 11.9 Å². The topological polar surface area (TPSA) is 92.7 Å². The van der Waals surface area contributed by atoms with E-state index in [2.05, 4.69) is 30.6 Å². The summed E-state index contributed by atoms with van der Waals surface area (Å²) in [6.07, 6.45) is 5.63. The molecule has 30 heavy (non-hydrogen) atoms. The van der Waals surface area contributed by atoms with Crippen LogP contribution in [0.4, 0.5) is 14.7 Å². The first kappa shape index (κ1) is 19.8. The minimum atomic E-state index is -0.977. The van der Waals surface area contributed by atoms with Gasteiger partial charge in [0.25, 0.3) is 5.91 Å². The summed E-state index contributed by atoms with van der Waals surface area (Å²) < 4.78 is 27.9. The summed E-state index contributed by atoms with van der Waals surface area (Å²) in [4.78, 5) is 28.7. The van der Waals surface area contributed by atoms with E-state index in [0.717, 1.165) is 0 Å². The molecule has 0 unspecified atom stereocenters.